The second kappa shape index (κ2) is 5.60. The third kappa shape index (κ3) is 3.53. The molecule has 1 unspecified atom stereocenters. The quantitative estimate of drug-likeness (QED) is 0.887. The summed E-state index contributed by atoms with van der Waals surface area (Å²) >= 11 is 0. The largest absolute Gasteiger partial charge is 0.325 e. The van der Waals surface area contributed by atoms with Crippen LogP contribution in [0.4, 0.5) is 10.1 Å². The van der Waals surface area contributed by atoms with Gasteiger partial charge in [-0.2, -0.15) is 5.26 Å². The second-order valence-electron chi connectivity index (χ2n) is 3.60. The van der Waals surface area contributed by atoms with Crippen molar-refractivity contribution in [2.45, 2.75) is 12.2 Å². The Balaban J connectivity index is 2.78. The fourth-order valence-corrected chi connectivity index (χ4v) is 1.97. The first kappa shape index (κ1) is 14.1. The van der Waals surface area contributed by atoms with Crippen molar-refractivity contribution in [1.82, 2.24) is 0 Å². The summed E-state index contributed by atoms with van der Waals surface area (Å²) in [7, 11) is -3.79. The monoisotopic (exact) mass is 270 g/mol. The maximum atomic E-state index is 12.6. The lowest BCUT2D eigenvalue weighted by atomic mass is 10.3. The predicted molar refractivity (Wildman–Crippen MR) is 63.9 cm³/mol. The zero-order valence-corrected chi connectivity index (χ0v) is 10.4. The number of hydrogen-bond acceptors (Lipinski definition) is 4. The van der Waals surface area contributed by atoms with E-state index in [1.165, 1.54) is 25.1 Å². The van der Waals surface area contributed by atoms with Crippen LogP contribution in [0.5, 0.6) is 0 Å². The van der Waals surface area contributed by atoms with E-state index in [1.54, 1.807) is 0 Å². The number of sulfone groups is 1. The van der Waals surface area contributed by atoms with Crippen LogP contribution in [0.3, 0.4) is 0 Å². The van der Waals surface area contributed by atoms with E-state index in [2.05, 4.69) is 5.32 Å². The number of rotatable bonds is 4. The van der Waals surface area contributed by atoms with Gasteiger partial charge in [-0.05, 0) is 31.2 Å². The van der Waals surface area contributed by atoms with Crippen molar-refractivity contribution in [2.75, 3.05) is 11.1 Å². The molecule has 96 valence electrons. The number of carbonyl (C=O) groups is 1. The van der Waals surface area contributed by atoms with Crippen LogP contribution >= 0.6 is 0 Å². The van der Waals surface area contributed by atoms with E-state index in [0.29, 0.717) is 5.69 Å². The van der Waals surface area contributed by atoms with Crippen molar-refractivity contribution in [1.29, 1.82) is 5.26 Å². The molecule has 0 saturated carbocycles. The van der Waals surface area contributed by atoms with Gasteiger partial charge < -0.3 is 5.32 Å². The standard InChI is InChI=1S/C11H11FN2O3S/c1-8(18(16,17)7-6-13)11(15)14-10-4-2-9(12)3-5-10/h2-5,8H,7H2,1H3,(H,14,15). The molecule has 7 heteroatoms. The van der Waals surface area contributed by atoms with E-state index in [4.69, 9.17) is 5.26 Å². The van der Waals surface area contributed by atoms with Crippen molar-refractivity contribution in [3.63, 3.8) is 0 Å². The molecule has 0 aromatic heterocycles. The number of benzene rings is 1. The lowest BCUT2D eigenvalue weighted by Crippen LogP contribution is -2.33. The third-order valence-corrected chi connectivity index (χ3v) is 4.11. The summed E-state index contributed by atoms with van der Waals surface area (Å²) in [5.74, 6) is -1.93. The van der Waals surface area contributed by atoms with Gasteiger partial charge in [-0.3, -0.25) is 4.79 Å². The zero-order valence-electron chi connectivity index (χ0n) is 9.55. The molecule has 0 heterocycles. The molecule has 1 rings (SSSR count). The SMILES string of the molecule is CC(C(=O)Nc1ccc(F)cc1)S(=O)(=O)CC#N. The third-order valence-electron chi connectivity index (χ3n) is 2.29. The first-order valence-corrected chi connectivity index (χ1v) is 6.73. The zero-order chi connectivity index (χ0) is 13.8. The molecule has 0 aliphatic heterocycles. The molecule has 1 amide bonds. The Morgan fingerprint density at radius 2 is 2.00 bits per heavy atom. The van der Waals surface area contributed by atoms with E-state index in [9.17, 15) is 17.6 Å². The highest BCUT2D eigenvalue weighted by molar-refractivity contribution is 7.92. The molecule has 0 fully saturated rings. The van der Waals surface area contributed by atoms with Crippen molar-refractivity contribution in [3.05, 3.63) is 30.1 Å². The maximum absolute atomic E-state index is 12.6. The summed E-state index contributed by atoms with van der Waals surface area (Å²) < 4.78 is 35.6. The van der Waals surface area contributed by atoms with Crippen molar-refractivity contribution < 1.29 is 17.6 Å². The number of carbonyl (C=O) groups excluding carboxylic acids is 1. The van der Waals surface area contributed by atoms with Crippen LogP contribution in [0.1, 0.15) is 6.92 Å². The Labute approximate surface area is 104 Å². The van der Waals surface area contributed by atoms with Gasteiger partial charge in [0.15, 0.2) is 9.84 Å². The minimum absolute atomic E-state index is 0.292. The Hall–Kier alpha value is -1.94. The average molecular weight is 270 g/mol. The molecule has 0 saturated heterocycles. The molecule has 1 atom stereocenters. The molecule has 1 N–H and O–H groups in total. The molecule has 0 spiro atoms. The highest BCUT2D eigenvalue weighted by atomic mass is 32.2. The van der Waals surface area contributed by atoms with E-state index in [-0.39, 0.29) is 0 Å². The number of nitrogens with one attached hydrogen (secondary N) is 1. The molecule has 1 aromatic rings. The first-order chi connectivity index (χ1) is 8.36. The van der Waals surface area contributed by atoms with Crippen LogP contribution in [0.2, 0.25) is 0 Å². The minimum Gasteiger partial charge on any atom is -0.325 e. The normalized spacial score (nSPS) is 12.5. The Bertz CT molecular complexity index is 575. The maximum Gasteiger partial charge on any atom is 0.242 e. The average Bonchev–Trinajstić information content (AvgIpc) is 2.31. The predicted octanol–water partition coefficient (Wildman–Crippen LogP) is 1.09. The summed E-state index contributed by atoms with van der Waals surface area (Å²) in [6, 6.07) is 6.42. The smallest absolute Gasteiger partial charge is 0.242 e. The van der Waals surface area contributed by atoms with Gasteiger partial charge in [-0.25, -0.2) is 12.8 Å². The Morgan fingerprint density at radius 3 is 2.50 bits per heavy atom. The van der Waals surface area contributed by atoms with Crippen molar-refractivity contribution in [2.24, 2.45) is 0 Å². The molecule has 0 aliphatic carbocycles. The van der Waals surface area contributed by atoms with Crippen LogP contribution < -0.4 is 5.32 Å². The highest BCUT2D eigenvalue weighted by Crippen LogP contribution is 2.11. The molecular formula is C11H11FN2O3S. The summed E-state index contributed by atoms with van der Waals surface area (Å²) in [6.45, 7) is 1.20. The van der Waals surface area contributed by atoms with Crippen LogP contribution in [-0.4, -0.2) is 25.3 Å². The Morgan fingerprint density at radius 1 is 1.44 bits per heavy atom. The van der Waals surface area contributed by atoms with Crippen LogP contribution in [0.15, 0.2) is 24.3 Å². The number of amides is 1. The van der Waals surface area contributed by atoms with Gasteiger partial charge in [0, 0.05) is 5.69 Å². The summed E-state index contributed by atoms with van der Waals surface area (Å²) in [5.41, 5.74) is 0.292. The summed E-state index contributed by atoms with van der Waals surface area (Å²) in [6.07, 6.45) is 0. The number of nitriles is 1. The van der Waals surface area contributed by atoms with Gasteiger partial charge >= 0.3 is 0 Å². The summed E-state index contributed by atoms with van der Waals surface area (Å²) in [5, 5.41) is 9.36. The van der Waals surface area contributed by atoms with Gasteiger partial charge in [-0.15, -0.1) is 0 Å². The fraction of sp³-hybridized carbons (Fsp3) is 0.273. The molecule has 0 radical (unpaired) electrons. The summed E-state index contributed by atoms with van der Waals surface area (Å²) in [4.78, 5) is 11.6. The van der Waals surface area contributed by atoms with Crippen LogP contribution in [-0.2, 0) is 14.6 Å². The fourth-order valence-electron chi connectivity index (χ4n) is 1.16. The minimum atomic E-state index is -3.79. The lowest BCUT2D eigenvalue weighted by Gasteiger charge is -2.11. The molecular weight excluding hydrogens is 259 g/mol. The Kier molecular flexibility index (Phi) is 4.39. The number of anilines is 1. The van der Waals surface area contributed by atoms with E-state index < -0.39 is 32.6 Å². The molecule has 0 bridgehead atoms. The van der Waals surface area contributed by atoms with Gasteiger partial charge in [0.05, 0.1) is 6.07 Å². The topological polar surface area (TPSA) is 87.0 Å². The lowest BCUT2D eigenvalue weighted by molar-refractivity contribution is -0.115. The van der Waals surface area contributed by atoms with E-state index in [0.717, 1.165) is 12.1 Å². The highest BCUT2D eigenvalue weighted by Gasteiger charge is 2.27. The van der Waals surface area contributed by atoms with Crippen molar-refractivity contribution in [3.8, 4) is 6.07 Å². The first-order valence-electron chi connectivity index (χ1n) is 5.02. The second-order valence-corrected chi connectivity index (χ2v) is 5.93. The van der Waals surface area contributed by atoms with E-state index in [1.807, 2.05) is 0 Å². The molecule has 0 aliphatic rings. The molecule has 1 aromatic carbocycles. The van der Waals surface area contributed by atoms with Gasteiger partial charge in [0.25, 0.3) is 0 Å². The number of halogens is 1. The van der Waals surface area contributed by atoms with Gasteiger partial charge in [0.2, 0.25) is 5.91 Å². The number of nitrogens with zero attached hydrogens (tertiary/aromatic N) is 1. The van der Waals surface area contributed by atoms with Gasteiger partial charge in [0.1, 0.15) is 16.8 Å². The van der Waals surface area contributed by atoms with Crippen LogP contribution in [0.25, 0.3) is 0 Å². The van der Waals surface area contributed by atoms with Crippen molar-refractivity contribution >= 4 is 21.4 Å². The molecule has 18 heavy (non-hydrogen) atoms. The van der Waals surface area contributed by atoms with Crippen LogP contribution in [0, 0.1) is 17.1 Å². The number of hydrogen-bond donors (Lipinski definition) is 1. The molecule has 5 nitrogen and oxygen atoms in total. The van der Waals surface area contributed by atoms with Gasteiger partial charge in [-0.1, -0.05) is 0 Å². The van der Waals surface area contributed by atoms with E-state index >= 15 is 0 Å².